The Morgan fingerprint density at radius 2 is 2.08 bits per heavy atom. The van der Waals surface area contributed by atoms with E-state index in [1.165, 1.54) is 11.8 Å². The zero-order valence-corrected chi connectivity index (χ0v) is 15.9. The number of benzene rings is 1. The molecule has 1 aromatic heterocycles. The molecule has 1 aliphatic rings. The highest BCUT2D eigenvalue weighted by Gasteiger charge is 2.43. The zero-order valence-electron chi connectivity index (χ0n) is 13.4. The average Bonchev–Trinajstić information content (AvgIpc) is 2.85. The molecule has 2 aromatic rings. The van der Waals surface area contributed by atoms with Gasteiger partial charge in [-0.2, -0.15) is 0 Å². The van der Waals surface area contributed by atoms with Crippen molar-refractivity contribution < 1.29 is 13.5 Å². The highest BCUT2D eigenvalue weighted by atomic mass is 32.2. The quantitative estimate of drug-likeness (QED) is 0.751. The maximum atomic E-state index is 11.3. The van der Waals surface area contributed by atoms with Gasteiger partial charge in [0.1, 0.15) is 4.32 Å². The molecule has 0 aliphatic carbocycles. The first-order valence-corrected chi connectivity index (χ1v) is 10.7. The van der Waals surface area contributed by atoms with E-state index in [0.717, 1.165) is 11.8 Å². The van der Waals surface area contributed by atoms with Gasteiger partial charge in [-0.15, -0.1) is 0 Å². The number of aromatic nitrogens is 1. The van der Waals surface area contributed by atoms with Crippen molar-refractivity contribution in [3.8, 4) is 0 Å². The van der Waals surface area contributed by atoms with E-state index in [-0.39, 0.29) is 0 Å². The second-order valence-electron chi connectivity index (χ2n) is 5.77. The van der Waals surface area contributed by atoms with E-state index in [1.54, 1.807) is 41.6 Å². The fourth-order valence-electron chi connectivity index (χ4n) is 2.60. The lowest BCUT2D eigenvalue weighted by atomic mass is 10.0. The number of sulfonamides is 1. The molecule has 132 valence electrons. The van der Waals surface area contributed by atoms with Crippen LogP contribution >= 0.6 is 24.0 Å². The molecule has 0 saturated carbocycles. The van der Waals surface area contributed by atoms with Crippen LogP contribution in [0.3, 0.4) is 0 Å². The molecule has 3 rings (SSSR count). The summed E-state index contributed by atoms with van der Waals surface area (Å²) in [5.74, 6) is 0.408. The van der Waals surface area contributed by atoms with Gasteiger partial charge >= 0.3 is 0 Å². The van der Waals surface area contributed by atoms with Crippen LogP contribution in [0.4, 0.5) is 5.69 Å². The molecule has 1 saturated heterocycles. The van der Waals surface area contributed by atoms with Crippen LogP contribution in [0.25, 0.3) is 0 Å². The smallest absolute Gasteiger partial charge is 0.229 e. The molecule has 2 N–H and O–H groups in total. The topological polar surface area (TPSA) is 82.5 Å². The summed E-state index contributed by atoms with van der Waals surface area (Å²) >= 11 is 6.82. The number of rotatable bonds is 5. The van der Waals surface area contributed by atoms with Crippen LogP contribution in [0.1, 0.15) is 11.1 Å². The summed E-state index contributed by atoms with van der Waals surface area (Å²) in [4.78, 5) is 5.86. The third kappa shape index (κ3) is 4.12. The van der Waals surface area contributed by atoms with Crippen LogP contribution in [0.2, 0.25) is 0 Å². The SMILES string of the molecule is CS(=O)(=O)Nc1ccc(C2(O)CSC(=S)N2Cc2cccnc2)cc1. The fourth-order valence-corrected chi connectivity index (χ4v) is 4.57. The third-order valence-electron chi connectivity index (χ3n) is 3.78. The van der Waals surface area contributed by atoms with Crippen molar-refractivity contribution in [2.24, 2.45) is 0 Å². The Labute approximate surface area is 156 Å². The van der Waals surface area contributed by atoms with Gasteiger partial charge in [-0.25, -0.2) is 8.42 Å². The summed E-state index contributed by atoms with van der Waals surface area (Å²) in [6.45, 7) is 0.444. The van der Waals surface area contributed by atoms with Crippen LogP contribution in [0, 0.1) is 0 Å². The van der Waals surface area contributed by atoms with Gasteiger partial charge in [-0.1, -0.05) is 42.2 Å². The second kappa shape index (κ2) is 6.91. The molecule has 1 fully saturated rings. The van der Waals surface area contributed by atoms with Crippen LogP contribution in [-0.2, 0) is 22.3 Å². The summed E-state index contributed by atoms with van der Waals surface area (Å²) in [7, 11) is -3.34. The van der Waals surface area contributed by atoms with Gasteiger partial charge in [-0.05, 0) is 23.8 Å². The fraction of sp³-hybridized carbons (Fsp3) is 0.250. The highest BCUT2D eigenvalue weighted by Crippen LogP contribution is 2.40. The van der Waals surface area contributed by atoms with Crippen LogP contribution in [-0.4, -0.2) is 39.7 Å². The number of anilines is 1. The van der Waals surface area contributed by atoms with Crippen molar-refractivity contribution in [2.45, 2.75) is 12.3 Å². The lowest BCUT2D eigenvalue weighted by molar-refractivity contribution is -0.0508. The first kappa shape index (κ1) is 18.1. The Balaban J connectivity index is 1.87. The average molecular weight is 396 g/mol. The van der Waals surface area contributed by atoms with E-state index in [9.17, 15) is 13.5 Å². The molecular weight excluding hydrogens is 378 g/mol. The minimum atomic E-state index is -3.34. The lowest BCUT2D eigenvalue weighted by Crippen LogP contribution is -2.44. The number of nitrogens with one attached hydrogen (secondary N) is 1. The van der Waals surface area contributed by atoms with E-state index in [0.29, 0.717) is 27.9 Å². The molecule has 0 amide bonds. The van der Waals surface area contributed by atoms with Gasteiger partial charge in [-0.3, -0.25) is 9.71 Å². The summed E-state index contributed by atoms with van der Waals surface area (Å²) in [5.41, 5.74) is 0.798. The number of thioether (sulfide) groups is 1. The summed E-state index contributed by atoms with van der Waals surface area (Å²) in [5, 5.41) is 11.2. The predicted molar refractivity (Wildman–Crippen MR) is 104 cm³/mol. The Morgan fingerprint density at radius 3 is 2.68 bits per heavy atom. The standard InChI is InChI=1S/C16H17N3O3S3/c1-25(21,22)18-14-6-4-13(5-7-14)16(20)11-24-15(23)19(16)10-12-3-2-8-17-9-12/h2-9,18,20H,10-11H2,1H3. The van der Waals surface area contributed by atoms with Gasteiger partial charge < -0.3 is 10.0 Å². The van der Waals surface area contributed by atoms with E-state index in [1.807, 2.05) is 12.1 Å². The molecule has 0 bridgehead atoms. The maximum Gasteiger partial charge on any atom is 0.229 e. The number of pyridine rings is 1. The number of hydrogen-bond acceptors (Lipinski definition) is 6. The largest absolute Gasteiger partial charge is 0.366 e. The number of thiocarbonyl (C=S) groups is 1. The second-order valence-corrected chi connectivity index (χ2v) is 9.13. The molecule has 1 aromatic carbocycles. The van der Waals surface area contributed by atoms with Crippen LogP contribution < -0.4 is 4.72 Å². The Morgan fingerprint density at radius 1 is 1.36 bits per heavy atom. The van der Waals surface area contributed by atoms with E-state index in [2.05, 4.69) is 9.71 Å². The molecule has 25 heavy (non-hydrogen) atoms. The molecular formula is C16H17N3O3S3. The van der Waals surface area contributed by atoms with E-state index < -0.39 is 15.7 Å². The van der Waals surface area contributed by atoms with Crippen molar-refractivity contribution in [1.29, 1.82) is 0 Å². The van der Waals surface area contributed by atoms with Gasteiger partial charge in [0.15, 0.2) is 5.72 Å². The Bertz CT molecular complexity index is 873. The van der Waals surface area contributed by atoms with Crippen molar-refractivity contribution in [1.82, 2.24) is 9.88 Å². The van der Waals surface area contributed by atoms with E-state index in [4.69, 9.17) is 12.2 Å². The predicted octanol–water partition coefficient (Wildman–Crippen LogP) is 2.13. The van der Waals surface area contributed by atoms with Crippen molar-refractivity contribution in [3.63, 3.8) is 0 Å². The normalized spacial score (nSPS) is 20.7. The van der Waals surface area contributed by atoms with Crippen LogP contribution in [0.15, 0.2) is 48.8 Å². The van der Waals surface area contributed by atoms with Crippen molar-refractivity contribution in [2.75, 3.05) is 16.7 Å². The summed E-state index contributed by atoms with van der Waals surface area (Å²) < 4.78 is 25.6. The molecule has 1 atom stereocenters. The van der Waals surface area contributed by atoms with Gasteiger partial charge in [0, 0.05) is 30.2 Å². The first-order valence-electron chi connectivity index (χ1n) is 7.42. The molecule has 0 spiro atoms. The molecule has 1 unspecified atom stereocenters. The number of hydrogen-bond donors (Lipinski definition) is 2. The summed E-state index contributed by atoms with van der Waals surface area (Å²) in [6.07, 6.45) is 4.53. The minimum absolute atomic E-state index is 0.408. The number of nitrogens with zero attached hydrogens (tertiary/aromatic N) is 2. The maximum absolute atomic E-state index is 11.3. The molecule has 9 heteroatoms. The number of aliphatic hydroxyl groups is 1. The summed E-state index contributed by atoms with van der Waals surface area (Å²) in [6, 6.07) is 10.4. The van der Waals surface area contributed by atoms with Gasteiger partial charge in [0.25, 0.3) is 0 Å². The van der Waals surface area contributed by atoms with Crippen molar-refractivity contribution >= 4 is 44.0 Å². The van der Waals surface area contributed by atoms with Crippen LogP contribution in [0.5, 0.6) is 0 Å². The molecule has 1 aliphatic heterocycles. The molecule has 2 heterocycles. The lowest BCUT2D eigenvalue weighted by Gasteiger charge is -2.34. The Hall–Kier alpha value is -1.68. The highest BCUT2D eigenvalue weighted by molar-refractivity contribution is 8.23. The third-order valence-corrected chi connectivity index (χ3v) is 5.97. The zero-order chi connectivity index (χ0) is 18.1. The monoisotopic (exact) mass is 395 g/mol. The molecule has 6 nitrogen and oxygen atoms in total. The van der Waals surface area contributed by atoms with Gasteiger partial charge in [0.2, 0.25) is 10.0 Å². The Kier molecular flexibility index (Phi) is 5.01. The molecule has 0 radical (unpaired) electrons. The first-order chi connectivity index (χ1) is 11.8. The minimum Gasteiger partial charge on any atom is -0.366 e. The van der Waals surface area contributed by atoms with E-state index >= 15 is 0 Å². The van der Waals surface area contributed by atoms with Crippen molar-refractivity contribution in [3.05, 3.63) is 59.9 Å². The van der Waals surface area contributed by atoms with Gasteiger partial charge in [0.05, 0.1) is 12.0 Å².